The van der Waals surface area contributed by atoms with E-state index in [0.717, 1.165) is 0 Å². The second-order valence-corrected chi connectivity index (χ2v) is 6.77. The van der Waals surface area contributed by atoms with Crippen LogP contribution in [0.25, 0.3) is 0 Å². The van der Waals surface area contributed by atoms with Crippen molar-refractivity contribution in [3.8, 4) is 0 Å². The van der Waals surface area contributed by atoms with Crippen LogP contribution in [0.15, 0.2) is 28.7 Å². The molecule has 1 aromatic carbocycles. The zero-order chi connectivity index (χ0) is 11.9. The summed E-state index contributed by atoms with van der Waals surface area (Å²) in [5.41, 5.74) is 2.14. The fraction of sp³-hybridized carbons (Fsp3) is 0.600. The number of halogens is 1. The molecule has 3 fully saturated rings. The van der Waals surface area contributed by atoms with E-state index in [-0.39, 0.29) is 5.41 Å². The summed E-state index contributed by atoms with van der Waals surface area (Å²) < 4.78 is 1.26. The van der Waals surface area contributed by atoms with Crippen LogP contribution < -0.4 is 0 Å². The fourth-order valence-corrected chi connectivity index (χ4v) is 4.50. The first-order chi connectivity index (χ1) is 8.20. The standard InChI is InChI=1S/C15H19BrO/c16-13-4-2-1-3-12(13)15-8-5-14(11-17,6-9-15)7-10-15/h1-4,17H,5-11H2. The first-order valence-corrected chi connectivity index (χ1v) is 7.35. The molecule has 1 nitrogen and oxygen atoms in total. The number of aliphatic hydroxyl groups excluding tert-OH is 1. The number of hydrogen-bond acceptors (Lipinski definition) is 1. The van der Waals surface area contributed by atoms with Gasteiger partial charge in [-0.3, -0.25) is 0 Å². The molecule has 3 aliphatic rings. The SMILES string of the molecule is OCC12CCC(c3ccccc3Br)(CC1)CC2. The predicted octanol–water partition coefficient (Wildman–Crippen LogP) is 4.03. The molecule has 0 amide bonds. The van der Waals surface area contributed by atoms with Crippen molar-refractivity contribution in [2.45, 2.75) is 43.9 Å². The van der Waals surface area contributed by atoms with Gasteiger partial charge in [-0.25, -0.2) is 0 Å². The average Bonchev–Trinajstić information content (AvgIpc) is 2.41. The minimum absolute atomic E-state index is 0.267. The first-order valence-electron chi connectivity index (χ1n) is 6.56. The van der Waals surface area contributed by atoms with Crippen LogP contribution in [0.1, 0.15) is 44.1 Å². The van der Waals surface area contributed by atoms with Gasteiger partial charge in [-0.1, -0.05) is 34.1 Å². The maximum atomic E-state index is 9.57. The molecular weight excluding hydrogens is 276 g/mol. The molecule has 0 heterocycles. The zero-order valence-electron chi connectivity index (χ0n) is 10.1. The molecule has 0 saturated heterocycles. The highest BCUT2D eigenvalue weighted by Gasteiger charge is 2.49. The molecule has 2 bridgehead atoms. The van der Waals surface area contributed by atoms with Gasteiger partial charge in [-0.2, -0.15) is 0 Å². The van der Waals surface area contributed by atoms with E-state index in [4.69, 9.17) is 0 Å². The Morgan fingerprint density at radius 2 is 1.59 bits per heavy atom. The van der Waals surface area contributed by atoms with E-state index >= 15 is 0 Å². The number of hydrogen-bond donors (Lipinski definition) is 1. The van der Waals surface area contributed by atoms with Crippen LogP contribution in [0.5, 0.6) is 0 Å². The van der Waals surface area contributed by atoms with Gasteiger partial charge in [0.1, 0.15) is 0 Å². The maximum absolute atomic E-state index is 9.57. The zero-order valence-corrected chi connectivity index (χ0v) is 11.7. The lowest BCUT2D eigenvalue weighted by Gasteiger charge is -2.53. The molecular formula is C15H19BrO. The van der Waals surface area contributed by atoms with Crippen LogP contribution >= 0.6 is 15.9 Å². The molecule has 1 N–H and O–H groups in total. The third-order valence-electron chi connectivity index (χ3n) is 5.18. The minimum Gasteiger partial charge on any atom is -0.396 e. The number of aliphatic hydroxyl groups is 1. The van der Waals surface area contributed by atoms with E-state index in [1.165, 1.54) is 48.6 Å². The van der Waals surface area contributed by atoms with Gasteiger partial charge in [-0.05, 0) is 61.0 Å². The highest BCUT2D eigenvalue weighted by atomic mass is 79.9. The molecule has 3 saturated carbocycles. The highest BCUT2D eigenvalue weighted by Crippen LogP contribution is 2.58. The van der Waals surface area contributed by atoms with E-state index in [1.54, 1.807) is 0 Å². The normalized spacial score (nSPS) is 36.1. The van der Waals surface area contributed by atoms with Crippen molar-refractivity contribution in [2.24, 2.45) is 5.41 Å². The Morgan fingerprint density at radius 3 is 2.12 bits per heavy atom. The highest BCUT2D eigenvalue weighted by molar-refractivity contribution is 9.10. The Kier molecular flexibility index (Phi) is 2.83. The Morgan fingerprint density at radius 1 is 1.00 bits per heavy atom. The van der Waals surface area contributed by atoms with Crippen molar-refractivity contribution in [1.29, 1.82) is 0 Å². The van der Waals surface area contributed by atoms with Crippen molar-refractivity contribution in [3.63, 3.8) is 0 Å². The van der Waals surface area contributed by atoms with Gasteiger partial charge in [0.2, 0.25) is 0 Å². The second kappa shape index (κ2) is 4.10. The lowest BCUT2D eigenvalue weighted by atomic mass is 9.52. The van der Waals surface area contributed by atoms with Crippen LogP contribution in [0.4, 0.5) is 0 Å². The Bertz CT molecular complexity index is 402. The summed E-state index contributed by atoms with van der Waals surface area (Å²) in [5, 5.41) is 9.57. The third kappa shape index (κ3) is 1.77. The number of fused-ring (bicyclic) bond motifs is 3. The van der Waals surface area contributed by atoms with Crippen molar-refractivity contribution in [3.05, 3.63) is 34.3 Å². The van der Waals surface area contributed by atoms with Crippen LogP contribution in [0, 0.1) is 5.41 Å². The average molecular weight is 295 g/mol. The summed E-state index contributed by atoms with van der Waals surface area (Å²) in [6.07, 6.45) is 7.34. The van der Waals surface area contributed by atoms with E-state index in [0.29, 0.717) is 12.0 Å². The molecule has 92 valence electrons. The van der Waals surface area contributed by atoms with E-state index in [2.05, 4.69) is 40.2 Å². The van der Waals surface area contributed by atoms with Crippen LogP contribution in [-0.4, -0.2) is 11.7 Å². The molecule has 0 aromatic heterocycles. The smallest absolute Gasteiger partial charge is 0.0487 e. The predicted molar refractivity (Wildman–Crippen MR) is 73.0 cm³/mol. The first kappa shape index (κ1) is 11.7. The molecule has 0 atom stereocenters. The summed E-state index contributed by atoms with van der Waals surface area (Å²) in [4.78, 5) is 0. The molecule has 17 heavy (non-hydrogen) atoms. The number of rotatable bonds is 2. The molecule has 0 aliphatic heterocycles. The molecule has 0 radical (unpaired) electrons. The summed E-state index contributed by atoms with van der Waals surface area (Å²) in [5.74, 6) is 0. The van der Waals surface area contributed by atoms with Gasteiger partial charge in [0.05, 0.1) is 0 Å². The Balaban J connectivity index is 1.93. The lowest BCUT2D eigenvalue weighted by Crippen LogP contribution is -2.45. The van der Waals surface area contributed by atoms with Crippen molar-refractivity contribution in [1.82, 2.24) is 0 Å². The summed E-state index contributed by atoms with van der Waals surface area (Å²) in [6.45, 7) is 0.388. The number of benzene rings is 1. The molecule has 4 rings (SSSR count). The van der Waals surface area contributed by atoms with Crippen LogP contribution in [0.3, 0.4) is 0 Å². The van der Waals surface area contributed by atoms with Gasteiger partial charge >= 0.3 is 0 Å². The summed E-state index contributed by atoms with van der Waals surface area (Å²) in [7, 11) is 0. The van der Waals surface area contributed by atoms with E-state index in [9.17, 15) is 5.11 Å². The van der Waals surface area contributed by atoms with Crippen LogP contribution in [0.2, 0.25) is 0 Å². The van der Waals surface area contributed by atoms with Gasteiger partial charge in [0.15, 0.2) is 0 Å². The quantitative estimate of drug-likeness (QED) is 0.873. The molecule has 2 heteroatoms. The fourth-order valence-electron chi connectivity index (χ4n) is 3.80. The lowest BCUT2D eigenvalue weighted by molar-refractivity contribution is -0.00710. The van der Waals surface area contributed by atoms with Crippen LogP contribution in [-0.2, 0) is 5.41 Å². The van der Waals surface area contributed by atoms with E-state index < -0.39 is 0 Å². The molecule has 1 aromatic rings. The largest absolute Gasteiger partial charge is 0.396 e. The Hall–Kier alpha value is -0.340. The Labute approximate surface area is 111 Å². The third-order valence-corrected chi connectivity index (χ3v) is 5.87. The van der Waals surface area contributed by atoms with Gasteiger partial charge in [0, 0.05) is 11.1 Å². The summed E-state index contributed by atoms with van der Waals surface area (Å²) >= 11 is 3.71. The second-order valence-electron chi connectivity index (χ2n) is 5.92. The van der Waals surface area contributed by atoms with E-state index in [1.807, 2.05) is 0 Å². The minimum atomic E-state index is 0.267. The van der Waals surface area contributed by atoms with Crippen molar-refractivity contribution >= 4 is 15.9 Å². The summed E-state index contributed by atoms with van der Waals surface area (Å²) in [6, 6.07) is 8.68. The molecule has 0 spiro atoms. The van der Waals surface area contributed by atoms with Crippen molar-refractivity contribution < 1.29 is 5.11 Å². The topological polar surface area (TPSA) is 20.2 Å². The van der Waals surface area contributed by atoms with Gasteiger partial charge < -0.3 is 5.11 Å². The van der Waals surface area contributed by atoms with Crippen molar-refractivity contribution in [2.75, 3.05) is 6.61 Å². The monoisotopic (exact) mass is 294 g/mol. The van der Waals surface area contributed by atoms with Gasteiger partial charge in [0.25, 0.3) is 0 Å². The molecule has 0 unspecified atom stereocenters. The maximum Gasteiger partial charge on any atom is 0.0487 e. The van der Waals surface area contributed by atoms with Gasteiger partial charge in [-0.15, -0.1) is 0 Å². The molecule has 3 aliphatic carbocycles.